The van der Waals surface area contributed by atoms with Gasteiger partial charge in [0.05, 0.1) is 0 Å². The van der Waals surface area contributed by atoms with Gasteiger partial charge in [-0.3, -0.25) is 0 Å². The highest BCUT2D eigenvalue weighted by molar-refractivity contribution is 5.86. The maximum atomic E-state index is 10.3. The van der Waals surface area contributed by atoms with E-state index in [1.807, 2.05) is 27.7 Å². The summed E-state index contributed by atoms with van der Waals surface area (Å²) in [6.07, 6.45) is 0.227. The van der Waals surface area contributed by atoms with Crippen LogP contribution in [0.4, 0.5) is 0 Å². The summed E-state index contributed by atoms with van der Waals surface area (Å²) in [5, 5.41) is 21.3. The molecule has 0 aromatic rings. The van der Waals surface area contributed by atoms with Gasteiger partial charge in [-0.2, -0.15) is 0 Å². The Kier molecular flexibility index (Phi) is 6.17. The minimum Gasteiger partial charge on any atom is -0.550 e. The summed E-state index contributed by atoms with van der Waals surface area (Å²) in [6.45, 7) is 8.05. The number of hydrogen-bond acceptors (Lipinski definition) is 4. The van der Waals surface area contributed by atoms with Crippen LogP contribution in [0.25, 0.3) is 0 Å². The lowest BCUT2D eigenvalue weighted by atomic mass is 9.94. The van der Waals surface area contributed by atoms with Crippen LogP contribution in [0, 0.1) is 11.3 Å². The van der Waals surface area contributed by atoms with Crippen molar-refractivity contribution < 1.29 is 9.90 Å². The molecule has 4 heteroatoms. The molecule has 15 heavy (non-hydrogen) atoms. The van der Waals surface area contributed by atoms with Crippen LogP contribution in [0.3, 0.4) is 0 Å². The Balaban J connectivity index is 4.01. The van der Waals surface area contributed by atoms with Gasteiger partial charge in [0.15, 0.2) is 0 Å². The van der Waals surface area contributed by atoms with Gasteiger partial charge in [-0.25, -0.2) is 0 Å². The topological polar surface area (TPSA) is 76.0 Å². The van der Waals surface area contributed by atoms with Gasteiger partial charge in [0, 0.05) is 29.7 Å². The lowest BCUT2D eigenvalue weighted by Crippen LogP contribution is -2.40. The summed E-state index contributed by atoms with van der Waals surface area (Å²) in [4.78, 5) is 10.3. The van der Waals surface area contributed by atoms with Crippen LogP contribution in [0.1, 0.15) is 40.5 Å². The van der Waals surface area contributed by atoms with Crippen molar-refractivity contribution in [2.24, 2.45) is 5.92 Å². The monoisotopic (exact) mass is 213 g/mol. The minimum absolute atomic E-state index is 0.0580. The second-order valence-electron chi connectivity index (χ2n) is 4.30. The summed E-state index contributed by atoms with van der Waals surface area (Å²) in [6, 6.07) is 0.565. The second-order valence-corrected chi connectivity index (χ2v) is 4.30. The van der Waals surface area contributed by atoms with Crippen molar-refractivity contribution >= 4 is 11.7 Å². The van der Waals surface area contributed by atoms with E-state index in [9.17, 15) is 9.90 Å². The molecular weight excluding hydrogens is 192 g/mol. The number of carboxylic acid groups (broad SMARTS) is 1. The quantitative estimate of drug-likeness (QED) is 0.607. The van der Waals surface area contributed by atoms with Crippen LogP contribution >= 0.6 is 0 Å². The van der Waals surface area contributed by atoms with Gasteiger partial charge in [-0.15, -0.1) is 0 Å². The third-order valence-electron chi connectivity index (χ3n) is 2.49. The standard InChI is InChI=1S/C11H22N2O2/c1-7(2)13-9(4)8(3)10(12)5-6-11(14)15/h7-9,12-13H,5-6H2,1-4H3,(H,14,15)/p-1. The van der Waals surface area contributed by atoms with Gasteiger partial charge in [0.25, 0.3) is 0 Å². The molecule has 0 aliphatic heterocycles. The molecule has 0 amide bonds. The van der Waals surface area contributed by atoms with Gasteiger partial charge in [0.2, 0.25) is 0 Å². The third kappa shape index (κ3) is 6.23. The van der Waals surface area contributed by atoms with E-state index in [-0.39, 0.29) is 24.8 Å². The van der Waals surface area contributed by atoms with E-state index in [0.29, 0.717) is 11.8 Å². The Hall–Kier alpha value is -0.900. The summed E-state index contributed by atoms with van der Waals surface area (Å²) in [5.41, 5.74) is 0.472. The molecule has 0 bridgehead atoms. The van der Waals surface area contributed by atoms with Crippen molar-refractivity contribution in [3.05, 3.63) is 0 Å². The molecule has 0 rings (SSSR count). The first kappa shape index (κ1) is 14.1. The number of aliphatic carboxylic acids is 1. The first-order chi connectivity index (χ1) is 6.84. The number of hydrogen-bond donors (Lipinski definition) is 2. The van der Waals surface area contributed by atoms with E-state index in [2.05, 4.69) is 5.32 Å². The van der Waals surface area contributed by atoms with E-state index in [1.165, 1.54) is 0 Å². The number of carboxylic acids is 1. The zero-order valence-electron chi connectivity index (χ0n) is 9.96. The Morgan fingerprint density at radius 3 is 2.20 bits per heavy atom. The van der Waals surface area contributed by atoms with Gasteiger partial charge in [0.1, 0.15) is 0 Å². The smallest absolute Gasteiger partial charge is 0.0418 e. The first-order valence-corrected chi connectivity index (χ1v) is 5.37. The second kappa shape index (κ2) is 6.56. The van der Waals surface area contributed by atoms with E-state index < -0.39 is 5.97 Å². The molecule has 0 spiro atoms. The van der Waals surface area contributed by atoms with Crippen molar-refractivity contribution in [2.75, 3.05) is 0 Å². The first-order valence-electron chi connectivity index (χ1n) is 5.37. The fraction of sp³-hybridized carbons (Fsp3) is 0.818. The van der Waals surface area contributed by atoms with Gasteiger partial charge in [-0.05, 0) is 19.8 Å². The molecule has 0 aromatic heterocycles. The fourth-order valence-electron chi connectivity index (χ4n) is 1.44. The molecule has 0 fully saturated rings. The lowest BCUT2D eigenvalue weighted by molar-refractivity contribution is -0.305. The predicted octanol–water partition coefficient (Wildman–Crippen LogP) is 0.559. The van der Waals surface area contributed by atoms with E-state index in [4.69, 9.17) is 5.41 Å². The van der Waals surface area contributed by atoms with Crippen molar-refractivity contribution in [1.29, 1.82) is 5.41 Å². The van der Waals surface area contributed by atoms with Crippen LogP contribution in [0.5, 0.6) is 0 Å². The minimum atomic E-state index is -1.09. The van der Waals surface area contributed by atoms with Crippen LogP contribution in [-0.4, -0.2) is 23.8 Å². The Bertz CT molecular complexity index is 227. The molecule has 2 N–H and O–H groups in total. The van der Waals surface area contributed by atoms with Crippen molar-refractivity contribution in [3.8, 4) is 0 Å². The van der Waals surface area contributed by atoms with E-state index in [0.717, 1.165) is 0 Å². The molecule has 0 radical (unpaired) electrons. The van der Waals surface area contributed by atoms with Crippen molar-refractivity contribution in [2.45, 2.75) is 52.6 Å². The molecule has 0 aliphatic carbocycles. The van der Waals surface area contributed by atoms with Gasteiger partial charge < -0.3 is 20.6 Å². The molecule has 2 atom stereocenters. The average Bonchev–Trinajstić information content (AvgIpc) is 2.11. The van der Waals surface area contributed by atoms with Crippen LogP contribution in [-0.2, 0) is 4.79 Å². The normalized spacial score (nSPS) is 15.0. The fourth-order valence-corrected chi connectivity index (χ4v) is 1.44. The van der Waals surface area contributed by atoms with Crippen molar-refractivity contribution in [3.63, 3.8) is 0 Å². The maximum absolute atomic E-state index is 10.3. The molecule has 88 valence electrons. The number of nitrogens with one attached hydrogen (secondary N) is 2. The molecule has 0 heterocycles. The average molecular weight is 213 g/mol. The largest absolute Gasteiger partial charge is 0.550 e. The summed E-state index contributed by atoms with van der Waals surface area (Å²) < 4.78 is 0. The Labute approximate surface area is 91.6 Å². The van der Waals surface area contributed by atoms with Gasteiger partial charge >= 0.3 is 0 Å². The Morgan fingerprint density at radius 2 is 1.80 bits per heavy atom. The molecule has 0 aromatic carbocycles. The SMILES string of the molecule is CC(C)NC(C)C(C)C(=N)CCC(=O)[O-]. The highest BCUT2D eigenvalue weighted by Gasteiger charge is 2.16. The van der Waals surface area contributed by atoms with E-state index >= 15 is 0 Å². The van der Waals surface area contributed by atoms with Crippen LogP contribution in [0.15, 0.2) is 0 Å². The highest BCUT2D eigenvalue weighted by atomic mass is 16.4. The number of carbonyl (C=O) groups excluding carboxylic acids is 1. The summed E-state index contributed by atoms with van der Waals surface area (Å²) in [5.74, 6) is -1.02. The molecular formula is C11H21N2O2-. The Morgan fingerprint density at radius 1 is 1.27 bits per heavy atom. The molecule has 2 unspecified atom stereocenters. The number of carbonyl (C=O) groups is 1. The lowest BCUT2D eigenvalue weighted by Gasteiger charge is -2.24. The number of rotatable bonds is 7. The van der Waals surface area contributed by atoms with Gasteiger partial charge in [-0.1, -0.05) is 20.8 Å². The van der Waals surface area contributed by atoms with Crippen LogP contribution in [0.2, 0.25) is 0 Å². The molecule has 4 nitrogen and oxygen atoms in total. The molecule has 0 aliphatic rings. The zero-order chi connectivity index (χ0) is 12.0. The highest BCUT2D eigenvalue weighted by Crippen LogP contribution is 2.09. The molecule has 0 saturated heterocycles. The molecule has 0 saturated carbocycles. The summed E-state index contributed by atoms with van der Waals surface area (Å²) in [7, 11) is 0. The predicted molar refractivity (Wildman–Crippen MR) is 58.9 cm³/mol. The van der Waals surface area contributed by atoms with Crippen LogP contribution < -0.4 is 10.4 Å². The maximum Gasteiger partial charge on any atom is 0.0418 e. The zero-order valence-corrected chi connectivity index (χ0v) is 9.96. The van der Waals surface area contributed by atoms with E-state index in [1.54, 1.807) is 0 Å². The summed E-state index contributed by atoms with van der Waals surface area (Å²) >= 11 is 0. The third-order valence-corrected chi connectivity index (χ3v) is 2.49. The van der Waals surface area contributed by atoms with Crippen molar-refractivity contribution in [1.82, 2.24) is 5.32 Å².